The molecule has 0 N–H and O–H groups in total. The van der Waals surface area contributed by atoms with Crippen molar-refractivity contribution >= 4 is 0 Å². The Hall–Kier alpha value is -1.84. The molecule has 0 atom stereocenters. The van der Waals surface area contributed by atoms with Gasteiger partial charge < -0.3 is 18.3 Å². The lowest BCUT2D eigenvalue weighted by Gasteiger charge is -2.05. The van der Waals surface area contributed by atoms with E-state index in [1.54, 1.807) is 12.1 Å². The van der Waals surface area contributed by atoms with E-state index in [1.165, 1.54) is 0 Å². The molecule has 110 valence electrons. The molecule has 0 spiro atoms. The molecule has 0 amide bonds. The maximum atomic E-state index is 5.59. The first kappa shape index (κ1) is 14.6. The van der Waals surface area contributed by atoms with Crippen LogP contribution in [0, 0.1) is 11.8 Å². The molecule has 0 fully saturated rings. The fraction of sp³-hybridized carbons (Fsp3) is 0.500. The Morgan fingerprint density at radius 1 is 0.750 bits per heavy atom. The third kappa shape index (κ3) is 4.08. The number of hydrogen-bond donors (Lipinski definition) is 0. The van der Waals surface area contributed by atoms with E-state index in [1.807, 2.05) is 12.1 Å². The summed E-state index contributed by atoms with van der Waals surface area (Å²) in [6.45, 7) is 9.63. The van der Waals surface area contributed by atoms with Gasteiger partial charge >= 0.3 is 0 Å². The van der Waals surface area contributed by atoms with E-state index in [4.69, 9.17) is 18.3 Å². The monoisotopic (exact) mass is 278 g/mol. The Bertz CT molecular complexity index is 474. The van der Waals surface area contributed by atoms with Crippen molar-refractivity contribution in [1.29, 1.82) is 0 Å². The molecule has 0 aliphatic carbocycles. The summed E-state index contributed by atoms with van der Waals surface area (Å²) in [5.74, 6) is 3.22. The van der Waals surface area contributed by atoms with Crippen molar-refractivity contribution in [2.45, 2.75) is 27.7 Å². The van der Waals surface area contributed by atoms with E-state index in [9.17, 15) is 0 Å². The van der Waals surface area contributed by atoms with Crippen LogP contribution in [0.5, 0.6) is 11.9 Å². The highest BCUT2D eigenvalue weighted by molar-refractivity contribution is 5.51. The zero-order chi connectivity index (χ0) is 14.5. The normalized spacial score (nSPS) is 11.3. The molecule has 4 heteroatoms. The second kappa shape index (κ2) is 6.55. The maximum absolute atomic E-state index is 5.59. The molecule has 2 aromatic rings. The van der Waals surface area contributed by atoms with Crippen molar-refractivity contribution in [3.63, 3.8) is 0 Å². The van der Waals surface area contributed by atoms with Crippen LogP contribution in [-0.4, -0.2) is 13.2 Å². The lowest BCUT2D eigenvalue weighted by atomic mass is 10.2. The van der Waals surface area contributed by atoms with E-state index in [0.29, 0.717) is 48.5 Å². The molecular weight excluding hydrogens is 256 g/mol. The third-order valence-corrected chi connectivity index (χ3v) is 2.52. The van der Waals surface area contributed by atoms with Crippen LogP contribution >= 0.6 is 0 Å². The zero-order valence-electron chi connectivity index (χ0n) is 12.5. The highest BCUT2D eigenvalue weighted by atomic mass is 16.6. The van der Waals surface area contributed by atoms with Crippen molar-refractivity contribution in [1.82, 2.24) is 0 Å². The van der Waals surface area contributed by atoms with Gasteiger partial charge in [-0.2, -0.15) is 0 Å². The molecule has 0 radical (unpaired) electrons. The average Bonchev–Trinajstić information content (AvgIpc) is 3.02. The molecule has 0 saturated carbocycles. The first-order valence-corrected chi connectivity index (χ1v) is 7.00. The fourth-order valence-corrected chi connectivity index (χ4v) is 1.56. The first-order valence-electron chi connectivity index (χ1n) is 7.00. The van der Waals surface area contributed by atoms with Crippen molar-refractivity contribution in [2.75, 3.05) is 13.2 Å². The summed E-state index contributed by atoms with van der Waals surface area (Å²) in [4.78, 5) is 0. The minimum atomic E-state index is 0.461. The van der Waals surface area contributed by atoms with Gasteiger partial charge in [0, 0.05) is 12.1 Å². The van der Waals surface area contributed by atoms with Gasteiger partial charge in [0.1, 0.15) is 0 Å². The largest absolute Gasteiger partial charge is 0.465 e. The van der Waals surface area contributed by atoms with Gasteiger partial charge in [-0.25, -0.2) is 0 Å². The third-order valence-electron chi connectivity index (χ3n) is 2.52. The van der Waals surface area contributed by atoms with E-state index in [0.717, 1.165) is 0 Å². The first-order chi connectivity index (χ1) is 9.54. The Labute approximate surface area is 119 Å². The van der Waals surface area contributed by atoms with Gasteiger partial charge in [0.15, 0.2) is 11.5 Å². The second-order valence-corrected chi connectivity index (χ2v) is 5.65. The van der Waals surface area contributed by atoms with Crippen LogP contribution in [0.4, 0.5) is 0 Å². The molecule has 2 aromatic heterocycles. The summed E-state index contributed by atoms with van der Waals surface area (Å²) in [6.07, 6.45) is 0. The second-order valence-electron chi connectivity index (χ2n) is 5.65. The fourth-order valence-electron chi connectivity index (χ4n) is 1.56. The van der Waals surface area contributed by atoms with Crippen molar-refractivity contribution in [3.8, 4) is 23.4 Å². The molecule has 0 bridgehead atoms. The quantitative estimate of drug-likeness (QED) is 0.742. The van der Waals surface area contributed by atoms with Gasteiger partial charge in [0.05, 0.1) is 13.2 Å². The lowest BCUT2D eigenvalue weighted by Crippen LogP contribution is -2.03. The Balaban J connectivity index is 1.97. The van der Waals surface area contributed by atoms with Gasteiger partial charge in [-0.15, -0.1) is 0 Å². The molecule has 0 aliphatic rings. The van der Waals surface area contributed by atoms with E-state index >= 15 is 0 Å². The number of ether oxygens (including phenoxy) is 2. The number of rotatable bonds is 7. The molecule has 0 aromatic carbocycles. The summed E-state index contributed by atoms with van der Waals surface area (Å²) < 4.78 is 22.2. The highest BCUT2D eigenvalue weighted by Gasteiger charge is 2.11. The summed E-state index contributed by atoms with van der Waals surface area (Å²) >= 11 is 0. The van der Waals surface area contributed by atoms with Crippen LogP contribution < -0.4 is 9.47 Å². The van der Waals surface area contributed by atoms with Crippen molar-refractivity contribution < 1.29 is 18.3 Å². The highest BCUT2D eigenvalue weighted by Crippen LogP contribution is 2.30. The van der Waals surface area contributed by atoms with Crippen LogP contribution in [0.15, 0.2) is 33.1 Å². The standard InChI is InChI=1S/C16H22O4/c1-11(2)9-17-15-7-5-13(19-15)14-6-8-16(20-14)18-10-12(3)4/h5-8,11-12H,9-10H2,1-4H3. The van der Waals surface area contributed by atoms with E-state index in [2.05, 4.69) is 27.7 Å². The number of hydrogen-bond acceptors (Lipinski definition) is 4. The Morgan fingerprint density at radius 2 is 1.15 bits per heavy atom. The summed E-state index contributed by atoms with van der Waals surface area (Å²) in [7, 11) is 0. The Morgan fingerprint density at radius 3 is 1.50 bits per heavy atom. The molecule has 0 saturated heterocycles. The maximum Gasteiger partial charge on any atom is 0.284 e. The molecule has 2 rings (SSSR count). The molecule has 4 nitrogen and oxygen atoms in total. The van der Waals surface area contributed by atoms with Gasteiger partial charge in [0.25, 0.3) is 11.9 Å². The SMILES string of the molecule is CC(C)COc1ccc(-c2ccc(OCC(C)C)o2)o1. The molecule has 0 unspecified atom stereocenters. The molecule has 20 heavy (non-hydrogen) atoms. The topological polar surface area (TPSA) is 44.7 Å². The van der Waals surface area contributed by atoms with E-state index in [-0.39, 0.29) is 0 Å². The predicted molar refractivity (Wildman–Crippen MR) is 77.1 cm³/mol. The lowest BCUT2D eigenvalue weighted by molar-refractivity contribution is 0.207. The minimum Gasteiger partial charge on any atom is -0.465 e. The summed E-state index contributed by atoms with van der Waals surface area (Å²) in [5.41, 5.74) is 0. The van der Waals surface area contributed by atoms with Crippen LogP contribution in [0.2, 0.25) is 0 Å². The van der Waals surface area contributed by atoms with Gasteiger partial charge in [-0.1, -0.05) is 27.7 Å². The van der Waals surface area contributed by atoms with E-state index < -0.39 is 0 Å². The molecule has 2 heterocycles. The predicted octanol–water partition coefficient (Wildman–Crippen LogP) is 4.61. The van der Waals surface area contributed by atoms with Gasteiger partial charge in [-0.3, -0.25) is 0 Å². The molecule has 0 aliphatic heterocycles. The van der Waals surface area contributed by atoms with Gasteiger partial charge in [0.2, 0.25) is 0 Å². The zero-order valence-corrected chi connectivity index (χ0v) is 12.5. The minimum absolute atomic E-state index is 0.461. The van der Waals surface area contributed by atoms with Crippen LogP contribution in [-0.2, 0) is 0 Å². The average molecular weight is 278 g/mol. The Kier molecular flexibility index (Phi) is 4.77. The van der Waals surface area contributed by atoms with Crippen LogP contribution in [0.25, 0.3) is 11.5 Å². The smallest absolute Gasteiger partial charge is 0.284 e. The van der Waals surface area contributed by atoms with Crippen LogP contribution in [0.3, 0.4) is 0 Å². The summed E-state index contributed by atoms with van der Waals surface area (Å²) in [5, 5.41) is 0. The van der Waals surface area contributed by atoms with Crippen molar-refractivity contribution in [2.24, 2.45) is 11.8 Å². The number of furan rings is 2. The summed E-state index contributed by atoms with van der Waals surface area (Å²) in [6, 6.07) is 7.27. The van der Waals surface area contributed by atoms with Gasteiger partial charge in [-0.05, 0) is 24.0 Å². The molecular formula is C16H22O4. The van der Waals surface area contributed by atoms with Crippen LogP contribution in [0.1, 0.15) is 27.7 Å². The van der Waals surface area contributed by atoms with Crippen molar-refractivity contribution in [3.05, 3.63) is 24.3 Å².